The highest BCUT2D eigenvalue weighted by Gasteiger charge is 2.38. The third-order valence-electron chi connectivity index (χ3n) is 4.21. The van der Waals surface area contributed by atoms with E-state index >= 15 is 0 Å². The lowest BCUT2D eigenvalue weighted by Crippen LogP contribution is -2.32. The smallest absolute Gasteiger partial charge is 0.161 e. The summed E-state index contributed by atoms with van der Waals surface area (Å²) in [6, 6.07) is 5.85. The maximum Gasteiger partial charge on any atom is 0.161 e. The maximum atomic E-state index is 6.12. The van der Waals surface area contributed by atoms with Crippen LogP contribution in [0.1, 0.15) is 32.6 Å². The van der Waals surface area contributed by atoms with E-state index in [0.29, 0.717) is 0 Å². The Balaban J connectivity index is 1.74. The summed E-state index contributed by atoms with van der Waals surface area (Å²) in [7, 11) is 0. The summed E-state index contributed by atoms with van der Waals surface area (Å²) in [4.78, 5) is 4.98. The molecule has 1 heterocycles. The second kappa shape index (κ2) is 5.90. The minimum Gasteiger partial charge on any atom is -0.334 e. The number of hydrogen-bond acceptors (Lipinski definition) is 3. The van der Waals surface area contributed by atoms with Crippen molar-refractivity contribution in [3.63, 3.8) is 0 Å². The van der Waals surface area contributed by atoms with Gasteiger partial charge < -0.3 is 5.32 Å². The van der Waals surface area contributed by atoms with Crippen LogP contribution in [0.4, 0.5) is 5.69 Å². The molecule has 1 aliphatic carbocycles. The third kappa shape index (κ3) is 3.02. The summed E-state index contributed by atoms with van der Waals surface area (Å²) < 4.78 is 0.906. The molecule has 1 aromatic rings. The van der Waals surface area contributed by atoms with Crippen molar-refractivity contribution in [3.05, 3.63) is 27.7 Å². The van der Waals surface area contributed by atoms with Crippen LogP contribution in [0.15, 0.2) is 27.7 Å². The molecule has 20 heavy (non-hydrogen) atoms. The molecule has 0 amide bonds. The summed E-state index contributed by atoms with van der Waals surface area (Å²) in [5, 5.41) is 5.17. The van der Waals surface area contributed by atoms with E-state index in [9.17, 15) is 0 Å². The van der Waals surface area contributed by atoms with Gasteiger partial charge >= 0.3 is 0 Å². The Morgan fingerprint density at radius 1 is 1.40 bits per heavy atom. The number of nitrogens with one attached hydrogen (secondary N) is 1. The second-order valence-electron chi connectivity index (χ2n) is 5.84. The van der Waals surface area contributed by atoms with Crippen LogP contribution in [0.3, 0.4) is 0 Å². The Labute approximate surface area is 137 Å². The van der Waals surface area contributed by atoms with Gasteiger partial charge in [0.05, 0.1) is 20.7 Å². The van der Waals surface area contributed by atoms with Gasteiger partial charge in [0.2, 0.25) is 0 Å². The van der Waals surface area contributed by atoms with Crippen molar-refractivity contribution in [1.82, 2.24) is 0 Å². The molecule has 1 N–H and O–H groups in total. The van der Waals surface area contributed by atoms with Crippen molar-refractivity contribution in [2.24, 2.45) is 10.9 Å². The topological polar surface area (TPSA) is 24.4 Å². The molecule has 1 aromatic carbocycles. The van der Waals surface area contributed by atoms with Crippen LogP contribution in [-0.2, 0) is 0 Å². The van der Waals surface area contributed by atoms with Crippen LogP contribution in [0.25, 0.3) is 0 Å². The first kappa shape index (κ1) is 14.7. The van der Waals surface area contributed by atoms with Gasteiger partial charge in [0, 0.05) is 5.75 Å². The first-order chi connectivity index (χ1) is 9.58. The van der Waals surface area contributed by atoms with E-state index in [-0.39, 0.29) is 5.54 Å². The maximum absolute atomic E-state index is 6.12. The lowest BCUT2D eigenvalue weighted by molar-refractivity contribution is 0.273. The molecular formula is C15H18BrClN2S. The van der Waals surface area contributed by atoms with Crippen LogP contribution < -0.4 is 5.32 Å². The summed E-state index contributed by atoms with van der Waals surface area (Å²) in [5.74, 6) is 1.97. The highest BCUT2D eigenvalue weighted by Crippen LogP contribution is 2.42. The molecule has 5 heteroatoms. The fourth-order valence-corrected chi connectivity index (χ4v) is 4.55. The highest BCUT2D eigenvalue weighted by atomic mass is 79.9. The molecule has 3 rings (SSSR count). The number of benzene rings is 1. The molecule has 2 aliphatic rings. The molecule has 0 atom stereocenters. The van der Waals surface area contributed by atoms with Crippen LogP contribution >= 0.6 is 39.3 Å². The van der Waals surface area contributed by atoms with Crippen molar-refractivity contribution in [2.45, 2.75) is 38.1 Å². The Morgan fingerprint density at radius 2 is 2.15 bits per heavy atom. The molecule has 0 radical (unpaired) electrons. The number of thioether (sulfide) groups is 1. The zero-order valence-electron chi connectivity index (χ0n) is 11.5. The number of aliphatic imine (C=N–C) groups is 1. The van der Waals surface area contributed by atoms with Gasteiger partial charge in [0.15, 0.2) is 5.17 Å². The molecule has 0 bridgehead atoms. The van der Waals surface area contributed by atoms with Gasteiger partial charge in [-0.25, -0.2) is 0 Å². The van der Waals surface area contributed by atoms with Gasteiger partial charge in [-0.3, -0.25) is 4.99 Å². The highest BCUT2D eigenvalue weighted by molar-refractivity contribution is 9.10. The molecular weight excluding hydrogens is 356 g/mol. The second-order valence-corrected chi connectivity index (χ2v) is 8.00. The van der Waals surface area contributed by atoms with E-state index in [4.69, 9.17) is 16.6 Å². The van der Waals surface area contributed by atoms with E-state index in [2.05, 4.69) is 28.2 Å². The van der Waals surface area contributed by atoms with Crippen LogP contribution in [-0.4, -0.2) is 16.5 Å². The minimum atomic E-state index is 0.185. The number of nitrogens with zero attached hydrogens (tertiary/aromatic N) is 1. The number of amidine groups is 1. The predicted molar refractivity (Wildman–Crippen MR) is 93.0 cm³/mol. The Bertz CT molecular complexity index is 539. The van der Waals surface area contributed by atoms with Crippen LogP contribution in [0, 0.1) is 5.92 Å². The van der Waals surface area contributed by atoms with E-state index in [1.165, 1.54) is 25.7 Å². The Hall–Kier alpha value is -0.190. The summed E-state index contributed by atoms with van der Waals surface area (Å²) in [6.45, 7) is 2.35. The molecule has 1 saturated carbocycles. The van der Waals surface area contributed by atoms with E-state index in [0.717, 1.165) is 32.0 Å². The Morgan fingerprint density at radius 3 is 2.90 bits per heavy atom. The first-order valence-corrected chi connectivity index (χ1v) is 9.17. The van der Waals surface area contributed by atoms with Crippen LogP contribution in [0.5, 0.6) is 0 Å². The molecule has 1 aliphatic heterocycles. The summed E-state index contributed by atoms with van der Waals surface area (Å²) >= 11 is 11.5. The molecule has 0 aromatic heterocycles. The van der Waals surface area contributed by atoms with Crippen molar-refractivity contribution >= 4 is 50.1 Å². The SMILES string of the molecule is CC1CCC2(CC1)CSC(Nc1cccc(Cl)c1Br)=N2. The van der Waals surface area contributed by atoms with Crippen LogP contribution in [0.2, 0.25) is 5.02 Å². The van der Waals surface area contributed by atoms with Crippen molar-refractivity contribution < 1.29 is 0 Å². The number of hydrogen-bond donors (Lipinski definition) is 1. The van der Waals surface area contributed by atoms with E-state index in [1.54, 1.807) is 0 Å². The molecule has 0 unspecified atom stereocenters. The molecule has 2 nitrogen and oxygen atoms in total. The average molecular weight is 374 g/mol. The molecule has 1 fully saturated rings. The van der Waals surface area contributed by atoms with Crippen molar-refractivity contribution in [3.8, 4) is 0 Å². The average Bonchev–Trinajstić information content (AvgIpc) is 2.82. The Kier molecular flexibility index (Phi) is 4.34. The monoisotopic (exact) mass is 372 g/mol. The van der Waals surface area contributed by atoms with Gasteiger partial charge in [-0.15, -0.1) is 0 Å². The van der Waals surface area contributed by atoms with Gasteiger partial charge in [-0.05, 0) is 59.7 Å². The minimum absolute atomic E-state index is 0.185. The lowest BCUT2D eigenvalue weighted by Gasteiger charge is -2.32. The predicted octanol–water partition coefficient (Wildman–Crippen LogP) is 5.57. The van der Waals surface area contributed by atoms with E-state index in [1.807, 2.05) is 30.0 Å². The number of anilines is 1. The normalized spacial score (nSPS) is 29.6. The summed E-state index contributed by atoms with van der Waals surface area (Å²) in [5.41, 5.74) is 1.18. The standard InChI is InChI=1S/C15H18BrClN2S/c1-10-5-7-15(8-6-10)9-20-14(19-15)18-12-4-2-3-11(17)13(12)16/h2-4,10H,5-9H2,1H3,(H,18,19). The summed E-state index contributed by atoms with van der Waals surface area (Å²) in [6.07, 6.45) is 5.06. The van der Waals surface area contributed by atoms with Gasteiger partial charge in [-0.1, -0.05) is 36.4 Å². The third-order valence-corrected chi connectivity index (χ3v) is 6.76. The zero-order chi connectivity index (χ0) is 14.2. The largest absolute Gasteiger partial charge is 0.334 e. The number of halogens is 2. The fourth-order valence-electron chi connectivity index (χ4n) is 2.82. The first-order valence-electron chi connectivity index (χ1n) is 7.02. The van der Waals surface area contributed by atoms with E-state index < -0.39 is 0 Å². The van der Waals surface area contributed by atoms with Gasteiger partial charge in [-0.2, -0.15) is 0 Å². The van der Waals surface area contributed by atoms with Gasteiger partial charge in [0.25, 0.3) is 0 Å². The lowest BCUT2D eigenvalue weighted by atomic mass is 9.79. The van der Waals surface area contributed by atoms with Crippen molar-refractivity contribution in [1.29, 1.82) is 0 Å². The fraction of sp³-hybridized carbons (Fsp3) is 0.533. The molecule has 0 saturated heterocycles. The molecule has 1 spiro atoms. The van der Waals surface area contributed by atoms with Gasteiger partial charge in [0.1, 0.15) is 0 Å². The van der Waals surface area contributed by atoms with Crippen molar-refractivity contribution in [2.75, 3.05) is 11.1 Å². The quantitative estimate of drug-likeness (QED) is 0.696. The zero-order valence-corrected chi connectivity index (χ0v) is 14.6. The molecule has 108 valence electrons. The number of rotatable bonds is 1.